The molecule has 0 saturated heterocycles. The van der Waals surface area contributed by atoms with Crippen LogP contribution in [0, 0.1) is 0 Å². The van der Waals surface area contributed by atoms with Crippen LogP contribution in [0.1, 0.15) is 19.8 Å². The summed E-state index contributed by atoms with van der Waals surface area (Å²) in [4.78, 5) is 12.9. The summed E-state index contributed by atoms with van der Waals surface area (Å²) >= 11 is 1.54. The second-order valence-electron chi connectivity index (χ2n) is 4.22. The maximum Gasteiger partial charge on any atom is 0.233 e. The van der Waals surface area contributed by atoms with Gasteiger partial charge in [-0.15, -0.1) is 24.2 Å². The summed E-state index contributed by atoms with van der Waals surface area (Å²) in [6.07, 6.45) is 1.88. The molecular weight excluding hydrogens is 296 g/mol. The minimum absolute atomic E-state index is 0. The zero-order valence-electron chi connectivity index (χ0n) is 11.9. The molecule has 1 aromatic rings. The Hall–Kier alpha value is -0.910. The molecule has 0 fully saturated rings. The van der Waals surface area contributed by atoms with E-state index in [1.807, 2.05) is 31.2 Å². The SMILES string of the molecule is COc1ccc(SC(C)C(=O)NCCCCN)cc1.Cl. The molecule has 1 unspecified atom stereocenters. The number of methoxy groups -OCH3 is 1. The van der Waals surface area contributed by atoms with Gasteiger partial charge in [0.2, 0.25) is 5.91 Å². The smallest absolute Gasteiger partial charge is 0.233 e. The molecule has 0 saturated carbocycles. The third-order valence-electron chi connectivity index (χ3n) is 2.67. The second kappa shape index (κ2) is 10.8. The summed E-state index contributed by atoms with van der Waals surface area (Å²) in [6.45, 7) is 3.28. The van der Waals surface area contributed by atoms with Gasteiger partial charge in [0.25, 0.3) is 0 Å². The van der Waals surface area contributed by atoms with Gasteiger partial charge in [0.15, 0.2) is 0 Å². The minimum atomic E-state index is -0.105. The van der Waals surface area contributed by atoms with Crippen LogP contribution in [-0.4, -0.2) is 31.4 Å². The molecule has 0 aliphatic heterocycles. The number of hydrogen-bond donors (Lipinski definition) is 2. The van der Waals surface area contributed by atoms with E-state index >= 15 is 0 Å². The molecule has 20 heavy (non-hydrogen) atoms. The Morgan fingerprint density at radius 2 is 2.00 bits per heavy atom. The molecule has 1 atom stereocenters. The van der Waals surface area contributed by atoms with Crippen LogP contribution in [-0.2, 0) is 4.79 Å². The summed E-state index contributed by atoms with van der Waals surface area (Å²) in [6, 6.07) is 7.71. The van der Waals surface area contributed by atoms with Gasteiger partial charge in [0.05, 0.1) is 12.4 Å². The minimum Gasteiger partial charge on any atom is -0.497 e. The first-order valence-electron chi connectivity index (χ1n) is 6.46. The zero-order chi connectivity index (χ0) is 14.1. The van der Waals surface area contributed by atoms with Gasteiger partial charge in [-0.3, -0.25) is 4.79 Å². The first-order chi connectivity index (χ1) is 9.17. The largest absolute Gasteiger partial charge is 0.497 e. The van der Waals surface area contributed by atoms with Gasteiger partial charge in [-0.1, -0.05) is 0 Å². The molecule has 1 aromatic carbocycles. The van der Waals surface area contributed by atoms with Crippen molar-refractivity contribution in [2.24, 2.45) is 5.73 Å². The fraction of sp³-hybridized carbons (Fsp3) is 0.500. The first-order valence-corrected chi connectivity index (χ1v) is 7.34. The van der Waals surface area contributed by atoms with Crippen molar-refractivity contribution in [3.8, 4) is 5.75 Å². The van der Waals surface area contributed by atoms with Crippen molar-refractivity contribution in [2.45, 2.75) is 29.9 Å². The molecule has 6 heteroatoms. The molecule has 114 valence electrons. The van der Waals surface area contributed by atoms with Crippen LogP contribution in [0.25, 0.3) is 0 Å². The molecule has 0 spiro atoms. The van der Waals surface area contributed by atoms with Crippen molar-refractivity contribution < 1.29 is 9.53 Å². The lowest BCUT2D eigenvalue weighted by molar-refractivity contribution is -0.120. The molecule has 0 aliphatic carbocycles. The topological polar surface area (TPSA) is 64.3 Å². The van der Waals surface area contributed by atoms with E-state index in [1.54, 1.807) is 18.9 Å². The van der Waals surface area contributed by atoms with E-state index in [0.29, 0.717) is 13.1 Å². The summed E-state index contributed by atoms with van der Waals surface area (Å²) < 4.78 is 5.10. The standard InChI is InChI=1S/C14H22N2O2S.ClH/c1-11(14(17)16-10-4-3-9-15)19-13-7-5-12(18-2)6-8-13;/h5-8,11H,3-4,9-10,15H2,1-2H3,(H,16,17);1H. The van der Waals surface area contributed by atoms with Crippen LogP contribution in [0.3, 0.4) is 0 Å². The van der Waals surface area contributed by atoms with Crippen LogP contribution >= 0.6 is 24.2 Å². The van der Waals surface area contributed by atoms with Crippen molar-refractivity contribution in [3.05, 3.63) is 24.3 Å². The van der Waals surface area contributed by atoms with Crippen LogP contribution in [0.15, 0.2) is 29.2 Å². The van der Waals surface area contributed by atoms with Crippen LogP contribution in [0.5, 0.6) is 5.75 Å². The van der Waals surface area contributed by atoms with Gasteiger partial charge in [-0.2, -0.15) is 0 Å². The number of amides is 1. The average molecular weight is 319 g/mol. The van der Waals surface area contributed by atoms with Gasteiger partial charge in [0.1, 0.15) is 5.75 Å². The van der Waals surface area contributed by atoms with E-state index in [2.05, 4.69) is 5.32 Å². The number of carbonyl (C=O) groups excluding carboxylic acids is 1. The Bertz CT molecular complexity index is 387. The van der Waals surface area contributed by atoms with E-state index in [0.717, 1.165) is 23.5 Å². The molecule has 1 amide bonds. The highest BCUT2D eigenvalue weighted by Crippen LogP contribution is 2.25. The number of halogens is 1. The fourth-order valence-corrected chi connectivity index (χ4v) is 2.43. The Balaban J connectivity index is 0.00000361. The highest BCUT2D eigenvalue weighted by molar-refractivity contribution is 8.00. The van der Waals surface area contributed by atoms with E-state index in [1.165, 1.54) is 0 Å². The van der Waals surface area contributed by atoms with Gasteiger partial charge in [0, 0.05) is 11.4 Å². The predicted octanol–water partition coefficient (Wildman–Crippen LogP) is 2.45. The third-order valence-corrected chi connectivity index (χ3v) is 3.78. The van der Waals surface area contributed by atoms with Crippen molar-refractivity contribution >= 4 is 30.1 Å². The second-order valence-corrected chi connectivity index (χ2v) is 5.64. The van der Waals surface area contributed by atoms with Crippen LogP contribution < -0.4 is 15.8 Å². The number of carbonyl (C=O) groups is 1. The van der Waals surface area contributed by atoms with Crippen molar-refractivity contribution in [2.75, 3.05) is 20.2 Å². The Labute approximate surface area is 131 Å². The number of thioether (sulfide) groups is 1. The van der Waals surface area contributed by atoms with Crippen molar-refractivity contribution in [1.82, 2.24) is 5.32 Å². The molecule has 0 aromatic heterocycles. The zero-order valence-corrected chi connectivity index (χ0v) is 13.6. The molecule has 3 N–H and O–H groups in total. The van der Waals surface area contributed by atoms with E-state index in [-0.39, 0.29) is 23.6 Å². The van der Waals surface area contributed by atoms with Gasteiger partial charge < -0.3 is 15.8 Å². The van der Waals surface area contributed by atoms with E-state index in [9.17, 15) is 4.79 Å². The van der Waals surface area contributed by atoms with Crippen LogP contribution in [0.2, 0.25) is 0 Å². The number of unbranched alkanes of at least 4 members (excludes halogenated alkanes) is 1. The maximum absolute atomic E-state index is 11.8. The first kappa shape index (κ1) is 19.1. The number of hydrogen-bond acceptors (Lipinski definition) is 4. The predicted molar refractivity (Wildman–Crippen MR) is 86.9 cm³/mol. The van der Waals surface area contributed by atoms with Crippen molar-refractivity contribution in [1.29, 1.82) is 0 Å². The van der Waals surface area contributed by atoms with E-state index < -0.39 is 0 Å². The number of ether oxygens (including phenoxy) is 1. The Morgan fingerprint density at radius 3 is 2.55 bits per heavy atom. The third kappa shape index (κ3) is 7.03. The van der Waals surface area contributed by atoms with Gasteiger partial charge >= 0.3 is 0 Å². The molecule has 0 heterocycles. The highest BCUT2D eigenvalue weighted by Gasteiger charge is 2.13. The fourth-order valence-electron chi connectivity index (χ4n) is 1.54. The molecule has 0 bridgehead atoms. The summed E-state index contributed by atoms with van der Waals surface area (Å²) in [5, 5.41) is 2.81. The van der Waals surface area contributed by atoms with Gasteiger partial charge in [-0.25, -0.2) is 0 Å². The number of rotatable bonds is 8. The average Bonchev–Trinajstić information content (AvgIpc) is 2.44. The molecule has 0 aliphatic rings. The lowest BCUT2D eigenvalue weighted by atomic mass is 10.3. The molecular formula is C14H23ClN2O2S. The van der Waals surface area contributed by atoms with Crippen molar-refractivity contribution in [3.63, 3.8) is 0 Å². The molecule has 1 rings (SSSR count). The number of nitrogens with one attached hydrogen (secondary N) is 1. The highest BCUT2D eigenvalue weighted by atomic mass is 35.5. The number of benzene rings is 1. The molecule has 4 nitrogen and oxygen atoms in total. The quantitative estimate of drug-likeness (QED) is 0.571. The monoisotopic (exact) mass is 318 g/mol. The van der Waals surface area contributed by atoms with Crippen LogP contribution in [0.4, 0.5) is 0 Å². The normalized spacial score (nSPS) is 11.3. The number of nitrogens with two attached hydrogens (primary N) is 1. The lowest BCUT2D eigenvalue weighted by Gasteiger charge is -2.12. The Morgan fingerprint density at radius 1 is 1.35 bits per heavy atom. The summed E-state index contributed by atoms with van der Waals surface area (Å²) in [7, 11) is 1.64. The van der Waals surface area contributed by atoms with Gasteiger partial charge in [-0.05, 0) is 50.6 Å². The summed E-state index contributed by atoms with van der Waals surface area (Å²) in [5.41, 5.74) is 5.40. The molecule has 0 radical (unpaired) electrons. The maximum atomic E-state index is 11.8. The Kier molecular flexibility index (Phi) is 10.3. The lowest BCUT2D eigenvalue weighted by Crippen LogP contribution is -2.31. The van der Waals surface area contributed by atoms with E-state index in [4.69, 9.17) is 10.5 Å². The summed E-state index contributed by atoms with van der Waals surface area (Å²) in [5.74, 6) is 0.890.